The van der Waals surface area contributed by atoms with Gasteiger partial charge < -0.3 is 0 Å². The molecule has 0 spiro atoms. The van der Waals surface area contributed by atoms with Crippen molar-refractivity contribution in [1.82, 2.24) is 0 Å². The van der Waals surface area contributed by atoms with E-state index in [1.54, 1.807) is 0 Å². The van der Waals surface area contributed by atoms with Crippen LogP contribution in [0.25, 0.3) is 0 Å². The van der Waals surface area contributed by atoms with Gasteiger partial charge in [-0.05, 0) is 31.8 Å². The maximum atomic E-state index is 3.66. The summed E-state index contributed by atoms with van der Waals surface area (Å²) >= 11 is 1.92. The maximum Gasteiger partial charge on any atom is 0.00890 e. The van der Waals surface area contributed by atoms with Crippen LogP contribution >= 0.6 is 11.8 Å². The monoisotopic (exact) mass is 169 g/mol. The second kappa shape index (κ2) is 9.91. The van der Waals surface area contributed by atoms with E-state index in [1.807, 2.05) is 11.8 Å². The molecule has 0 saturated carbocycles. The van der Waals surface area contributed by atoms with Crippen molar-refractivity contribution < 1.29 is 0 Å². The molecular formula is C10H17S. The Kier molecular flexibility index (Phi) is 9.83. The third-order valence-corrected chi connectivity index (χ3v) is 2.10. The molecule has 0 rings (SSSR count). The molecule has 0 bridgehead atoms. The van der Waals surface area contributed by atoms with Gasteiger partial charge >= 0.3 is 0 Å². The van der Waals surface area contributed by atoms with Crippen LogP contribution in [0.4, 0.5) is 0 Å². The van der Waals surface area contributed by atoms with Crippen LogP contribution in [0.5, 0.6) is 0 Å². The number of unbranched alkanes of at least 4 members (excludes halogenated alkanes) is 3. The Balaban J connectivity index is 2.90. The second-order valence-electron chi connectivity index (χ2n) is 2.41. The minimum atomic E-state index is 0.755. The smallest absolute Gasteiger partial charge is 0.00890 e. The summed E-state index contributed by atoms with van der Waals surface area (Å²) in [7, 11) is 0. The molecule has 0 N–H and O–H groups in total. The molecule has 1 radical (unpaired) electrons. The number of hydrogen-bond acceptors (Lipinski definition) is 1. The molecule has 0 fully saturated rings. The van der Waals surface area contributed by atoms with Crippen LogP contribution in [0.2, 0.25) is 0 Å². The van der Waals surface area contributed by atoms with E-state index < -0.39 is 0 Å². The molecule has 1 heteroatoms. The molecule has 0 amide bonds. The van der Waals surface area contributed by atoms with E-state index in [2.05, 4.69) is 25.0 Å². The molecule has 0 saturated heterocycles. The summed E-state index contributed by atoms with van der Waals surface area (Å²) in [6.07, 6.45) is 7.89. The van der Waals surface area contributed by atoms with Crippen LogP contribution in [0.3, 0.4) is 0 Å². The third-order valence-electron chi connectivity index (χ3n) is 1.40. The molecule has 0 aliphatic carbocycles. The summed E-state index contributed by atoms with van der Waals surface area (Å²) in [4.78, 5) is 0. The molecule has 0 aliphatic heterocycles. The van der Waals surface area contributed by atoms with Crippen molar-refractivity contribution in [2.24, 2.45) is 0 Å². The lowest BCUT2D eigenvalue weighted by Crippen LogP contribution is -1.78. The van der Waals surface area contributed by atoms with Crippen LogP contribution < -0.4 is 0 Å². The average molecular weight is 169 g/mol. The Morgan fingerprint density at radius 2 is 2.00 bits per heavy atom. The van der Waals surface area contributed by atoms with E-state index in [0.717, 1.165) is 12.8 Å². The van der Waals surface area contributed by atoms with Crippen molar-refractivity contribution in [3.05, 3.63) is 6.92 Å². The van der Waals surface area contributed by atoms with E-state index >= 15 is 0 Å². The highest BCUT2D eigenvalue weighted by Gasteiger charge is 1.85. The van der Waals surface area contributed by atoms with E-state index in [9.17, 15) is 0 Å². The van der Waals surface area contributed by atoms with Crippen LogP contribution in [-0.2, 0) is 0 Å². The van der Waals surface area contributed by atoms with Crippen LogP contribution in [-0.4, -0.2) is 12.0 Å². The van der Waals surface area contributed by atoms with Gasteiger partial charge in [-0.3, -0.25) is 0 Å². The van der Waals surface area contributed by atoms with E-state index in [0.29, 0.717) is 0 Å². The highest BCUT2D eigenvalue weighted by Crippen LogP contribution is 2.03. The summed E-state index contributed by atoms with van der Waals surface area (Å²) in [6, 6.07) is 0. The first-order chi connectivity index (χ1) is 5.41. The molecule has 0 aromatic carbocycles. The summed E-state index contributed by atoms with van der Waals surface area (Å²) in [5.74, 6) is 7.36. The lowest BCUT2D eigenvalue weighted by atomic mass is 10.2. The number of hydrogen-bond donors (Lipinski definition) is 0. The predicted molar refractivity (Wildman–Crippen MR) is 54.6 cm³/mol. The van der Waals surface area contributed by atoms with Gasteiger partial charge in [0, 0.05) is 12.8 Å². The molecule has 0 nitrogen and oxygen atoms in total. The highest BCUT2D eigenvalue weighted by molar-refractivity contribution is 7.98. The Morgan fingerprint density at radius 1 is 1.18 bits per heavy atom. The fourth-order valence-electron chi connectivity index (χ4n) is 0.813. The quantitative estimate of drug-likeness (QED) is 0.450. The largest absolute Gasteiger partial charge is 0.165 e. The van der Waals surface area contributed by atoms with Crippen molar-refractivity contribution in [3.63, 3.8) is 0 Å². The van der Waals surface area contributed by atoms with Crippen LogP contribution in [0.1, 0.15) is 32.1 Å². The molecule has 0 aliphatic rings. The second-order valence-corrected chi connectivity index (χ2v) is 3.39. The standard InChI is InChI=1S/C10H17S/c1-3-4-5-6-7-8-9-10-11-2/h1,3,6-10H2,2H3. The first-order valence-corrected chi connectivity index (χ1v) is 5.55. The summed E-state index contributed by atoms with van der Waals surface area (Å²) in [6.45, 7) is 3.66. The Bertz CT molecular complexity index is 119. The Morgan fingerprint density at radius 3 is 2.64 bits per heavy atom. The van der Waals surface area contributed by atoms with Crippen LogP contribution in [0.15, 0.2) is 0 Å². The first kappa shape index (κ1) is 10.9. The normalized spacial score (nSPS) is 8.91. The Labute approximate surface area is 75.1 Å². The van der Waals surface area contributed by atoms with Crippen molar-refractivity contribution in [2.45, 2.75) is 32.1 Å². The fourth-order valence-corrected chi connectivity index (χ4v) is 1.31. The third kappa shape index (κ3) is 9.91. The minimum Gasteiger partial charge on any atom is -0.165 e. The SMILES string of the molecule is [CH2]CC#CCCCCCSC. The van der Waals surface area contributed by atoms with Gasteiger partial charge in [0.1, 0.15) is 0 Å². The minimum absolute atomic E-state index is 0.755. The molecule has 0 unspecified atom stereocenters. The molecule has 0 aromatic rings. The van der Waals surface area contributed by atoms with Crippen molar-refractivity contribution >= 4 is 11.8 Å². The Hall–Kier alpha value is -0.0900. The zero-order valence-electron chi connectivity index (χ0n) is 7.36. The fraction of sp³-hybridized carbons (Fsp3) is 0.700. The number of thioether (sulfide) groups is 1. The van der Waals surface area contributed by atoms with Gasteiger partial charge in [-0.1, -0.05) is 6.42 Å². The maximum absolute atomic E-state index is 3.66. The van der Waals surface area contributed by atoms with Crippen molar-refractivity contribution in [3.8, 4) is 11.8 Å². The van der Waals surface area contributed by atoms with E-state index in [1.165, 1.54) is 25.0 Å². The highest BCUT2D eigenvalue weighted by atomic mass is 32.2. The van der Waals surface area contributed by atoms with E-state index in [-0.39, 0.29) is 0 Å². The molecular weight excluding hydrogens is 152 g/mol. The van der Waals surface area contributed by atoms with Gasteiger partial charge in [-0.25, -0.2) is 0 Å². The van der Waals surface area contributed by atoms with Crippen LogP contribution in [0, 0.1) is 18.8 Å². The van der Waals surface area contributed by atoms with Gasteiger partial charge in [0.15, 0.2) is 0 Å². The van der Waals surface area contributed by atoms with Crippen molar-refractivity contribution in [1.29, 1.82) is 0 Å². The molecule has 0 heterocycles. The molecule has 63 valence electrons. The summed E-state index contributed by atoms with van der Waals surface area (Å²) in [5.41, 5.74) is 0. The van der Waals surface area contributed by atoms with Gasteiger partial charge in [-0.2, -0.15) is 11.8 Å². The lowest BCUT2D eigenvalue weighted by molar-refractivity contribution is 0.743. The van der Waals surface area contributed by atoms with Gasteiger partial charge in [0.2, 0.25) is 0 Å². The predicted octanol–water partition coefficient (Wildman–Crippen LogP) is 3.14. The van der Waals surface area contributed by atoms with Crippen molar-refractivity contribution in [2.75, 3.05) is 12.0 Å². The molecule has 0 atom stereocenters. The topological polar surface area (TPSA) is 0 Å². The lowest BCUT2D eigenvalue weighted by Gasteiger charge is -1.94. The van der Waals surface area contributed by atoms with Gasteiger partial charge in [-0.15, -0.1) is 11.8 Å². The number of rotatable bonds is 5. The summed E-state index contributed by atoms with van der Waals surface area (Å²) < 4.78 is 0. The van der Waals surface area contributed by atoms with E-state index in [4.69, 9.17) is 0 Å². The molecule has 0 aromatic heterocycles. The first-order valence-electron chi connectivity index (χ1n) is 4.15. The van der Waals surface area contributed by atoms with Gasteiger partial charge in [0.05, 0.1) is 0 Å². The summed E-state index contributed by atoms with van der Waals surface area (Å²) in [5, 5.41) is 0. The zero-order chi connectivity index (χ0) is 8.36. The average Bonchev–Trinajstić information content (AvgIpc) is 2.03. The molecule has 11 heavy (non-hydrogen) atoms. The zero-order valence-corrected chi connectivity index (χ0v) is 8.17. The van der Waals surface area contributed by atoms with Gasteiger partial charge in [0.25, 0.3) is 0 Å².